The molecule has 4 nitrogen and oxygen atoms in total. The normalized spacial score (nSPS) is 23.1. The molecule has 1 aromatic carbocycles. The minimum absolute atomic E-state index is 0.0280. The molecule has 1 aliphatic rings. The molecule has 0 aliphatic heterocycles. The first-order valence-corrected chi connectivity index (χ1v) is 7.71. The summed E-state index contributed by atoms with van der Waals surface area (Å²) in [4.78, 5) is 12.4. The Morgan fingerprint density at radius 2 is 1.95 bits per heavy atom. The molecule has 3 atom stereocenters. The van der Waals surface area contributed by atoms with Gasteiger partial charge >= 0.3 is 0 Å². The number of amides is 1. The van der Waals surface area contributed by atoms with Crippen LogP contribution in [-0.2, 0) is 4.79 Å². The Morgan fingerprint density at radius 1 is 1.29 bits per heavy atom. The fraction of sp³-hybridized carbons (Fsp3) is 0.588. The molecule has 3 unspecified atom stereocenters. The SMILES string of the molecule is COc1ccc(C(NC(=O)C2CCC(N)C2)C(C)C)cc1. The molecule has 2 rings (SSSR count). The van der Waals surface area contributed by atoms with Gasteiger partial charge in [-0.2, -0.15) is 0 Å². The molecule has 0 saturated heterocycles. The van der Waals surface area contributed by atoms with Crippen LogP contribution in [0.4, 0.5) is 0 Å². The Labute approximate surface area is 127 Å². The number of hydrogen-bond acceptors (Lipinski definition) is 3. The van der Waals surface area contributed by atoms with E-state index in [1.165, 1.54) is 0 Å². The molecule has 1 aliphatic carbocycles. The second-order valence-corrected chi connectivity index (χ2v) is 6.27. The highest BCUT2D eigenvalue weighted by Crippen LogP contribution is 2.28. The van der Waals surface area contributed by atoms with Crippen molar-refractivity contribution in [3.63, 3.8) is 0 Å². The fourth-order valence-electron chi connectivity index (χ4n) is 2.97. The van der Waals surface area contributed by atoms with Gasteiger partial charge in [-0.15, -0.1) is 0 Å². The van der Waals surface area contributed by atoms with Crippen LogP contribution in [0.3, 0.4) is 0 Å². The second-order valence-electron chi connectivity index (χ2n) is 6.27. The summed E-state index contributed by atoms with van der Waals surface area (Å²) in [5.41, 5.74) is 7.02. The van der Waals surface area contributed by atoms with E-state index in [-0.39, 0.29) is 23.9 Å². The zero-order valence-corrected chi connectivity index (χ0v) is 13.1. The van der Waals surface area contributed by atoms with Crippen LogP contribution >= 0.6 is 0 Å². The second kappa shape index (κ2) is 6.94. The van der Waals surface area contributed by atoms with E-state index in [4.69, 9.17) is 10.5 Å². The number of rotatable bonds is 5. The van der Waals surface area contributed by atoms with E-state index in [9.17, 15) is 4.79 Å². The summed E-state index contributed by atoms with van der Waals surface area (Å²) in [7, 11) is 1.65. The lowest BCUT2D eigenvalue weighted by Crippen LogP contribution is -2.36. The van der Waals surface area contributed by atoms with Gasteiger partial charge in [0, 0.05) is 12.0 Å². The van der Waals surface area contributed by atoms with Crippen LogP contribution in [0, 0.1) is 11.8 Å². The highest BCUT2D eigenvalue weighted by molar-refractivity contribution is 5.79. The quantitative estimate of drug-likeness (QED) is 0.876. The maximum absolute atomic E-state index is 12.4. The zero-order chi connectivity index (χ0) is 15.4. The molecule has 0 bridgehead atoms. The maximum atomic E-state index is 12.4. The smallest absolute Gasteiger partial charge is 0.223 e. The summed E-state index contributed by atoms with van der Waals surface area (Å²) >= 11 is 0. The van der Waals surface area contributed by atoms with Crippen molar-refractivity contribution in [1.82, 2.24) is 5.32 Å². The van der Waals surface area contributed by atoms with E-state index in [0.29, 0.717) is 5.92 Å². The minimum atomic E-state index is 0.0280. The average Bonchev–Trinajstić information content (AvgIpc) is 2.91. The van der Waals surface area contributed by atoms with Crippen LogP contribution < -0.4 is 15.8 Å². The summed E-state index contributed by atoms with van der Waals surface area (Å²) in [5.74, 6) is 1.36. The Bertz CT molecular complexity index is 470. The zero-order valence-electron chi connectivity index (χ0n) is 13.1. The monoisotopic (exact) mass is 290 g/mol. The molecular weight excluding hydrogens is 264 g/mol. The lowest BCUT2D eigenvalue weighted by atomic mass is 9.94. The number of ether oxygens (including phenoxy) is 1. The van der Waals surface area contributed by atoms with Gasteiger partial charge in [-0.3, -0.25) is 4.79 Å². The van der Waals surface area contributed by atoms with Crippen molar-refractivity contribution in [2.45, 2.75) is 45.2 Å². The number of carbonyl (C=O) groups is 1. The van der Waals surface area contributed by atoms with Crippen molar-refractivity contribution < 1.29 is 9.53 Å². The van der Waals surface area contributed by atoms with Gasteiger partial charge in [0.05, 0.1) is 13.2 Å². The fourth-order valence-corrected chi connectivity index (χ4v) is 2.97. The standard InChI is InChI=1S/C17H26N2O2/c1-11(2)16(12-5-8-15(21-3)9-6-12)19-17(20)13-4-7-14(18)10-13/h5-6,8-9,11,13-14,16H,4,7,10,18H2,1-3H3,(H,19,20). The van der Waals surface area contributed by atoms with E-state index < -0.39 is 0 Å². The van der Waals surface area contributed by atoms with Gasteiger partial charge in [0.25, 0.3) is 0 Å². The van der Waals surface area contributed by atoms with Crippen molar-refractivity contribution in [2.24, 2.45) is 17.6 Å². The summed E-state index contributed by atoms with van der Waals surface area (Å²) in [5, 5.41) is 3.20. The van der Waals surface area contributed by atoms with Crippen molar-refractivity contribution in [2.75, 3.05) is 7.11 Å². The van der Waals surface area contributed by atoms with Crippen LogP contribution in [0.25, 0.3) is 0 Å². The number of nitrogens with two attached hydrogens (primary N) is 1. The highest BCUT2D eigenvalue weighted by atomic mass is 16.5. The third-order valence-electron chi connectivity index (χ3n) is 4.28. The Kier molecular flexibility index (Phi) is 5.23. The van der Waals surface area contributed by atoms with Crippen molar-refractivity contribution in [1.29, 1.82) is 0 Å². The lowest BCUT2D eigenvalue weighted by Gasteiger charge is -2.25. The van der Waals surface area contributed by atoms with Gasteiger partial charge < -0.3 is 15.8 Å². The van der Waals surface area contributed by atoms with Gasteiger partial charge in [0.1, 0.15) is 5.75 Å². The number of benzene rings is 1. The van der Waals surface area contributed by atoms with Gasteiger partial charge in [-0.25, -0.2) is 0 Å². The molecular formula is C17H26N2O2. The molecule has 0 aromatic heterocycles. The van der Waals surface area contributed by atoms with Crippen molar-refractivity contribution in [3.8, 4) is 5.75 Å². The molecule has 4 heteroatoms. The van der Waals surface area contributed by atoms with Crippen LogP contribution in [0.2, 0.25) is 0 Å². The van der Waals surface area contributed by atoms with Crippen LogP contribution in [0.1, 0.15) is 44.7 Å². The maximum Gasteiger partial charge on any atom is 0.223 e. The predicted molar refractivity (Wildman–Crippen MR) is 84.0 cm³/mol. The first kappa shape index (κ1) is 15.8. The molecule has 21 heavy (non-hydrogen) atoms. The molecule has 1 amide bonds. The van der Waals surface area contributed by atoms with E-state index in [1.54, 1.807) is 7.11 Å². The minimum Gasteiger partial charge on any atom is -0.497 e. The lowest BCUT2D eigenvalue weighted by molar-refractivity contribution is -0.125. The van der Waals surface area contributed by atoms with E-state index in [0.717, 1.165) is 30.6 Å². The van der Waals surface area contributed by atoms with Gasteiger partial charge in [0.2, 0.25) is 5.91 Å². The van der Waals surface area contributed by atoms with E-state index in [1.807, 2.05) is 24.3 Å². The summed E-state index contributed by atoms with van der Waals surface area (Å²) < 4.78 is 5.18. The summed E-state index contributed by atoms with van der Waals surface area (Å²) in [6, 6.07) is 8.11. The first-order valence-electron chi connectivity index (χ1n) is 7.71. The molecule has 1 saturated carbocycles. The molecule has 0 spiro atoms. The van der Waals surface area contributed by atoms with E-state index in [2.05, 4.69) is 19.2 Å². The van der Waals surface area contributed by atoms with Gasteiger partial charge in [0.15, 0.2) is 0 Å². The number of hydrogen-bond donors (Lipinski definition) is 2. The number of methoxy groups -OCH3 is 1. The molecule has 1 fully saturated rings. The van der Waals surface area contributed by atoms with Gasteiger partial charge in [-0.1, -0.05) is 26.0 Å². The number of nitrogens with one attached hydrogen (secondary N) is 1. The van der Waals surface area contributed by atoms with Crippen molar-refractivity contribution in [3.05, 3.63) is 29.8 Å². The summed E-state index contributed by atoms with van der Waals surface area (Å²) in [6.45, 7) is 4.24. The molecule has 0 heterocycles. The van der Waals surface area contributed by atoms with E-state index >= 15 is 0 Å². The van der Waals surface area contributed by atoms with Crippen molar-refractivity contribution >= 4 is 5.91 Å². The largest absolute Gasteiger partial charge is 0.497 e. The Morgan fingerprint density at radius 3 is 2.43 bits per heavy atom. The first-order chi connectivity index (χ1) is 10.0. The molecule has 116 valence electrons. The highest BCUT2D eigenvalue weighted by Gasteiger charge is 2.29. The Hall–Kier alpha value is -1.55. The third-order valence-corrected chi connectivity index (χ3v) is 4.28. The third kappa shape index (κ3) is 3.97. The topological polar surface area (TPSA) is 64.3 Å². The molecule has 3 N–H and O–H groups in total. The van der Waals surface area contributed by atoms with Crippen LogP contribution in [-0.4, -0.2) is 19.1 Å². The van der Waals surface area contributed by atoms with Crippen LogP contribution in [0.15, 0.2) is 24.3 Å². The summed E-state index contributed by atoms with van der Waals surface area (Å²) in [6.07, 6.45) is 2.66. The Balaban J connectivity index is 2.06. The average molecular weight is 290 g/mol. The molecule has 0 radical (unpaired) electrons. The van der Waals surface area contributed by atoms with Crippen LogP contribution in [0.5, 0.6) is 5.75 Å². The predicted octanol–water partition coefficient (Wildman–Crippen LogP) is 2.64. The molecule has 1 aromatic rings. The van der Waals surface area contributed by atoms with Gasteiger partial charge in [-0.05, 0) is 42.9 Å². The number of carbonyl (C=O) groups excluding carboxylic acids is 1.